The van der Waals surface area contributed by atoms with Crippen LogP contribution in [-0.2, 0) is 32.4 Å². The first kappa shape index (κ1) is 35.6. The number of sulfonamides is 2. The predicted molar refractivity (Wildman–Crippen MR) is 149 cm³/mol. The van der Waals surface area contributed by atoms with Crippen molar-refractivity contribution in [2.24, 2.45) is 0 Å². The van der Waals surface area contributed by atoms with E-state index in [1.54, 1.807) is 4.72 Å². The highest BCUT2D eigenvalue weighted by atomic mass is 32.2. The molecule has 4 rings (SSSR count). The van der Waals surface area contributed by atoms with Gasteiger partial charge in [0.2, 0.25) is 0 Å². The first-order chi connectivity index (χ1) is 22.1. The Morgan fingerprint density at radius 2 is 1.08 bits per heavy atom. The molecule has 0 heterocycles. The van der Waals surface area contributed by atoms with E-state index >= 15 is 0 Å². The van der Waals surface area contributed by atoms with Crippen molar-refractivity contribution in [1.29, 1.82) is 0 Å². The summed E-state index contributed by atoms with van der Waals surface area (Å²) < 4.78 is 170. The Balaban J connectivity index is 1.92. The number of carbonyl (C=O) groups is 2. The minimum Gasteiger partial charge on any atom is -0.478 e. The zero-order valence-electron chi connectivity index (χ0n) is 23.2. The van der Waals surface area contributed by atoms with Gasteiger partial charge in [0.1, 0.15) is 21.4 Å². The zero-order chi connectivity index (χ0) is 35.8. The summed E-state index contributed by atoms with van der Waals surface area (Å²) in [7, 11) is -10.4. The van der Waals surface area contributed by atoms with E-state index in [0.717, 1.165) is 48.5 Å². The van der Waals surface area contributed by atoms with Gasteiger partial charge in [-0.05, 0) is 78.9 Å². The Kier molecular flexibility index (Phi) is 9.46. The summed E-state index contributed by atoms with van der Waals surface area (Å²) in [6, 6.07) is 6.73. The highest BCUT2D eigenvalue weighted by molar-refractivity contribution is 7.93. The van der Waals surface area contributed by atoms with Gasteiger partial charge in [-0.25, -0.2) is 35.2 Å². The van der Waals surface area contributed by atoms with Crippen molar-refractivity contribution in [3.05, 3.63) is 113 Å². The van der Waals surface area contributed by atoms with Gasteiger partial charge >= 0.3 is 24.3 Å². The fourth-order valence-corrected chi connectivity index (χ4v) is 6.57. The first-order valence-electron chi connectivity index (χ1n) is 12.6. The smallest absolute Gasteiger partial charge is 0.416 e. The van der Waals surface area contributed by atoms with E-state index in [1.807, 2.05) is 4.72 Å². The molecule has 0 radical (unpaired) electrons. The SMILES string of the molecule is O=C(Oc1cc(C(F)(F)F)cc(C(=O)O)c1S(=O)(=O)Nc1ccc(F)cc1)c1cc(C(F)(F)F)ccc1S(=O)(=O)Nc1ccc(F)cc1. The number of halogens is 8. The van der Waals surface area contributed by atoms with Crippen molar-refractivity contribution in [3.63, 3.8) is 0 Å². The molecule has 20 heteroatoms. The third-order valence-electron chi connectivity index (χ3n) is 6.09. The molecule has 0 aromatic heterocycles. The second-order valence-corrected chi connectivity index (χ2v) is 12.7. The third kappa shape index (κ3) is 8.00. The lowest BCUT2D eigenvalue weighted by Crippen LogP contribution is -2.23. The number of alkyl halides is 6. The number of benzene rings is 4. The molecule has 0 saturated heterocycles. The van der Waals surface area contributed by atoms with Crippen LogP contribution >= 0.6 is 0 Å². The number of ether oxygens (including phenoxy) is 1. The topological polar surface area (TPSA) is 156 Å². The van der Waals surface area contributed by atoms with Gasteiger partial charge in [-0.1, -0.05) is 0 Å². The molecule has 4 aromatic rings. The number of rotatable bonds is 9. The van der Waals surface area contributed by atoms with Crippen molar-refractivity contribution in [3.8, 4) is 5.75 Å². The molecule has 254 valence electrons. The van der Waals surface area contributed by atoms with Crippen LogP contribution in [0.4, 0.5) is 46.5 Å². The quantitative estimate of drug-likeness (QED) is 0.100. The lowest BCUT2D eigenvalue weighted by atomic mass is 10.1. The summed E-state index contributed by atoms with van der Waals surface area (Å²) in [6.45, 7) is 0. The van der Waals surface area contributed by atoms with Crippen LogP contribution in [0.1, 0.15) is 31.8 Å². The monoisotopic (exact) mass is 724 g/mol. The number of carboxylic acids is 1. The molecule has 0 amide bonds. The minimum atomic E-state index is -5.41. The molecule has 0 aliphatic heterocycles. The minimum absolute atomic E-state index is 0.0573. The average Bonchev–Trinajstić information content (AvgIpc) is 2.97. The summed E-state index contributed by atoms with van der Waals surface area (Å²) in [6.07, 6.45) is -10.6. The Hall–Kier alpha value is -5.24. The van der Waals surface area contributed by atoms with Gasteiger partial charge in [0.25, 0.3) is 20.0 Å². The molecule has 3 N–H and O–H groups in total. The van der Waals surface area contributed by atoms with Crippen molar-refractivity contribution in [1.82, 2.24) is 0 Å². The number of aromatic carboxylic acids is 1. The van der Waals surface area contributed by atoms with Gasteiger partial charge in [-0.15, -0.1) is 0 Å². The molecule has 0 bridgehead atoms. The summed E-state index contributed by atoms with van der Waals surface area (Å²) in [5, 5.41) is 9.65. The number of carbonyl (C=O) groups excluding carboxylic acids is 1. The number of hydrogen-bond donors (Lipinski definition) is 3. The Bertz CT molecular complexity index is 2120. The number of hydrogen-bond acceptors (Lipinski definition) is 7. The fourth-order valence-electron chi connectivity index (χ4n) is 3.98. The Morgan fingerprint density at radius 1 is 0.625 bits per heavy atom. The lowest BCUT2D eigenvalue weighted by Gasteiger charge is -2.19. The molecule has 0 unspecified atom stereocenters. The van der Waals surface area contributed by atoms with Crippen LogP contribution in [0.15, 0.2) is 88.7 Å². The highest BCUT2D eigenvalue weighted by Gasteiger charge is 2.39. The van der Waals surface area contributed by atoms with E-state index in [2.05, 4.69) is 0 Å². The van der Waals surface area contributed by atoms with E-state index in [1.165, 1.54) is 0 Å². The van der Waals surface area contributed by atoms with Crippen LogP contribution in [0.2, 0.25) is 0 Å². The number of carboxylic acid groups (broad SMARTS) is 1. The van der Waals surface area contributed by atoms with Crippen molar-refractivity contribution in [2.75, 3.05) is 9.44 Å². The number of esters is 1. The van der Waals surface area contributed by atoms with Gasteiger partial charge in [0.15, 0.2) is 5.75 Å². The molecule has 0 fully saturated rings. The number of nitrogens with one attached hydrogen (secondary N) is 2. The predicted octanol–water partition coefficient (Wildman–Crippen LogP) is 6.52. The van der Waals surface area contributed by atoms with Crippen LogP contribution in [0.25, 0.3) is 0 Å². The Labute approximate surface area is 264 Å². The van der Waals surface area contributed by atoms with Crippen molar-refractivity contribution >= 4 is 43.4 Å². The molecule has 0 spiro atoms. The maximum Gasteiger partial charge on any atom is 0.416 e. The molecule has 4 aromatic carbocycles. The normalized spacial score (nSPS) is 12.3. The van der Waals surface area contributed by atoms with Crippen LogP contribution in [-0.4, -0.2) is 33.9 Å². The average molecular weight is 725 g/mol. The maximum atomic E-state index is 13.8. The fraction of sp³-hybridized carbons (Fsp3) is 0.0714. The molecule has 10 nitrogen and oxygen atoms in total. The van der Waals surface area contributed by atoms with Crippen LogP contribution < -0.4 is 14.2 Å². The first-order valence-corrected chi connectivity index (χ1v) is 15.5. The molecule has 48 heavy (non-hydrogen) atoms. The molecule has 0 saturated carbocycles. The third-order valence-corrected chi connectivity index (χ3v) is 9.00. The Morgan fingerprint density at radius 3 is 1.54 bits per heavy atom. The molecular formula is C28H16F8N2O8S2. The second kappa shape index (κ2) is 12.8. The molecule has 0 aliphatic rings. The van der Waals surface area contributed by atoms with Crippen molar-refractivity contribution in [2.45, 2.75) is 22.1 Å². The second-order valence-electron chi connectivity index (χ2n) is 9.48. The summed E-state index contributed by atoms with van der Waals surface area (Å²) >= 11 is 0. The zero-order valence-corrected chi connectivity index (χ0v) is 24.8. The van der Waals surface area contributed by atoms with Crippen molar-refractivity contribution < 1.29 is 71.4 Å². The highest BCUT2D eigenvalue weighted by Crippen LogP contribution is 2.39. The molecule has 0 atom stereocenters. The molecule has 0 aliphatic carbocycles. The lowest BCUT2D eigenvalue weighted by molar-refractivity contribution is -0.138. The van der Waals surface area contributed by atoms with Gasteiger partial charge in [-0.3, -0.25) is 9.44 Å². The van der Waals surface area contributed by atoms with Gasteiger partial charge in [0, 0.05) is 11.4 Å². The summed E-state index contributed by atoms with van der Waals surface area (Å²) in [5.41, 5.74) is -7.46. The van der Waals surface area contributed by atoms with E-state index in [4.69, 9.17) is 4.74 Å². The largest absolute Gasteiger partial charge is 0.478 e. The summed E-state index contributed by atoms with van der Waals surface area (Å²) in [4.78, 5) is 22.5. The van der Waals surface area contributed by atoms with Gasteiger partial charge in [0.05, 0.1) is 22.3 Å². The number of anilines is 2. The van der Waals surface area contributed by atoms with Crippen LogP contribution in [0, 0.1) is 11.6 Å². The maximum absolute atomic E-state index is 13.8. The standard InChI is InChI=1S/C28H16F8N2O8S2/c29-16-2-6-18(7-3-16)37-47(42,43)23-10-1-14(27(31,32)33)11-20(23)26(41)46-22-13-15(28(34,35)36)12-21(25(39)40)24(22)48(44,45)38-19-8-4-17(30)5-9-19/h1-13,37-38H,(H,39,40). The van der Waals surface area contributed by atoms with Crippen LogP contribution in [0.5, 0.6) is 5.75 Å². The van der Waals surface area contributed by atoms with Crippen LogP contribution in [0.3, 0.4) is 0 Å². The van der Waals surface area contributed by atoms with E-state index < -0.39 is 99.5 Å². The van der Waals surface area contributed by atoms with E-state index in [0.29, 0.717) is 0 Å². The van der Waals surface area contributed by atoms with Gasteiger partial charge in [-0.2, -0.15) is 26.3 Å². The summed E-state index contributed by atoms with van der Waals surface area (Å²) in [5.74, 6) is -7.82. The van der Waals surface area contributed by atoms with E-state index in [9.17, 15) is 66.7 Å². The van der Waals surface area contributed by atoms with E-state index in [-0.39, 0.29) is 36.0 Å². The molecular weight excluding hydrogens is 708 g/mol. The van der Waals surface area contributed by atoms with Gasteiger partial charge < -0.3 is 9.84 Å².